The van der Waals surface area contributed by atoms with Gasteiger partial charge in [-0.25, -0.2) is 8.78 Å². The molecule has 0 unspecified atom stereocenters. The average Bonchev–Trinajstić information content (AvgIpc) is 2.61. The zero-order chi connectivity index (χ0) is 18.4. The van der Waals surface area contributed by atoms with Crippen LogP contribution in [0.15, 0.2) is 34.1 Å². The molecule has 0 atom stereocenters. The van der Waals surface area contributed by atoms with Crippen LogP contribution in [0.25, 0.3) is 0 Å². The summed E-state index contributed by atoms with van der Waals surface area (Å²) in [6.45, 7) is 4.00. The second-order valence-corrected chi connectivity index (χ2v) is 6.38. The first-order chi connectivity index (χ1) is 12.0. The van der Waals surface area contributed by atoms with Gasteiger partial charge in [0, 0.05) is 4.90 Å². The molecule has 2 aromatic carbocycles. The monoisotopic (exact) mass is 358 g/mol. The molecule has 6 heteroatoms. The molecule has 0 aliphatic carbocycles. The topological polar surface area (TPSA) is 56.8 Å². The Morgan fingerprint density at radius 2 is 1.72 bits per heavy atom. The van der Waals surface area contributed by atoms with E-state index >= 15 is 0 Å². The summed E-state index contributed by atoms with van der Waals surface area (Å²) in [5.41, 5.74) is -0.339. The molecule has 0 aromatic heterocycles. The highest BCUT2D eigenvalue weighted by Crippen LogP contribution is 2.42. The molecule has 0 heterocycles. The van der Waals surface area contributed by atoms with Gasteiger partial charge >= 0.3 is 0 Å². The highest BCUT2D eigenvalue weighted by atomic mass is 32.2. The second-order valence-electron chi connectivity index (χ2n) is 5.33. The van der Waals surface area contributed by atoms with E-state index in [0.29, 0.717) is 6.42 Å². The molecule has 0 amide bonds. The van der Waals surface area contributed by atoms with E-state index in [-0.39, 0.29) is 17.3 Å². The second kappa shape index (κ2) is 8.50. The Kier molecular flexibility index (Phi) is 6.38. The number of hydrogen-bond acceptors (Lipinski definition) is 4. The van der Waals surface area contributed by atoms with Crippen molar-refractivity contribution in [3.8, 4) is 17.9 Å². The minimum absolute atomic E-state index is 0.113. The molecule has 0 N–H and O–H groups in total. The van der Waals surface area contributed by atoms with E-state index in [0.717, 1.165) is 28.6 Å². The fraction of sp³-hybridized carbons (Fsp3) is 0.263. The first kappa shape index (κ1) is 18.8. The summed E-state index contributed by atoms with van der Waals surface area (Å²) in [6, 6.07) is 10.4. The molecule has 2 aromatic rings. The maximum Gasteiger partial charge on any atom is 0.185 e. The average molecular weight is 358 g/mol. The third-order valence-corrected chi connectivity index (χ3v) is 4.81. The molecule has 0 fully saturated rings. The Hall–Kier alpha value is -2.57. The SMILES string of the molecule is CCCCOc1c(F)c(C#N)c(C#N)c(F)c1Sc1ccccc1C. The van der Waals surface area contributed by atoms with Crippen molar-refractivity contribution in [2.45, 2.75) is 36.5 Å². The largest absolute Gasteiger partial charge is 0.489 e. The van der Waals surface area contributed by atoms with Gasteiger partial charge in [0.15, 0.2) is 17.4 Å². The van der Waals surface area contributed by atoms with Crippen molar-refractivity contribution in [3.63, 3.8) is 0 Å². The number of hydrogen-bond donors (Lipinski definition) is 0. The standard InChI is InChI=1S/C19H16F2N2OS/c1-3-4-9-24-18-16(20)13(10-22)14(11-23)17(21)19(18)25-15-8-6-5-7-12(15)2/h5-8H,3-4,9H2,1-2H3. The van der Waals surface area contributed by atoms with E-state index < -0.39 is 22.8 Å². The van der Waals surface area contributed by atoms with Gasteiger partial charge in [-0.05, 0) is 25.0 Å². The van der Waals surface area contributed by atoms with Gasteiger partial charge < -0.3 is 4.74 Å². The van der Waals surface area contributed by atoms with Crippen molar-refractivity contribution in [2.24, 2.45) is 0 Å². The van der Waals surface area contributed by atoms with Crippen molar-refractivity contribution in [1.82, 2.24) is 0 Å². The number of ether oxygens (including phenoxy) is 1. The zero-order valence-electron chi connectivity index (χ0n) is 13.9. The number of aryl methyl sites for hydroxylation is 1. The van der Waals surface area contributed by atoms with Crippen LogP contribution >= 0.6 is 11.8 Å². The summed E-state index contributed by atoms with van der Waals surface area (Å²) in [4.78, 5) is 0.605. The molecule has 0 saturated carbocycles. The lowest BCUT2D eigenvalue weighted by atomic mass is 10.1. The maximum atomic E-state index is 14.8. The Morgan fingerprint density at radius 1 is 1.08 bits per heavy atom. The lowest BCUT2D eigenvalue weighted by molar-refractivity contribution is 0.283. The van der Waals surface area contributed by atoms with Crippen LogP contribution in [0.4, 0.5) is 8.78 Å². The molecular formula is C19H16F2N2OS. The van der Waals surface area contributed by atoms with Crippen LogP contribution in [0.1, 0.15) is 36.5 Å². The molecule has 128 valence electrons. The summed E-state index contributed by atoms with van der Waals surface area (Å²) in [5, 5.41) is 18.3. The Morgan fingerprint density at radius 3 is 2.32 bits per heavy atom. The van der Waals surface area contributed by atoms with Crippen LogP contribution in [0.2, 0.25) is 0 Å². The van der Waals surface area contributed by atoms with Crippen LogP contribution in [0.3, 0.4) is 0 Å². The number of nitriles is 2. The van der Waals surface area contributed by atoms with Crippen molar-refractivity contribution >= 4 is 11.8 Å². The van der Waals surface area contributed by atoms with E-state index in [1.165, 1.54) is 0 Å². The van der Waals surface area contributed by atoms with Gasteiger partial charge in [0.25, 0.3) is 0 Å². The van der Waals surface area contributed by atoms with Crippen molar-refractivity contribution < 1.29 is 13.5 Å². The Balaban J connectivity index is 2.63. The van der Waals surface area contributed by atoms with E-state index in [1.54, 1.807) is 24.3 Å². The van der Waals surface area contributed by atoms with Crippen LogP contribution in [-0.2, 0) is 0 Å². The molecule has 2 rings (SSSR count). The summed E-state index contributed by atoms with van der Waals surface area (Å²) in [6.07, 6.45) is 1.49. The fourth-order valence-electron chi connectivity index (χ4n) is 2.18. The molecular weight excluding hydrogens is 342 g/mol. The number of unbranched alkanes of at least 4 members (excludes halogenated alkanes) is 1. The predicted molar refractivity (Wildman–Crippen MR) is 91.5 cm³/mol. The molecule has 0 radical (unpaired) electrons. The van der Waals surface area contributed by atoms with Gasteiger partial charge in [-0.3, -0.25) is 0 Å². The molecule has 3 nitrogen and oxygen atoms in total. The van der Waals surface area contributed by atoms with Crippen LogP contribution in [0.5, 0.6) is 5.75 Å². The molecule has 0 aliphatic rings. The van der Waals surface area contributed by atoms with E-state index in [9.17, 15) is 8.78 Å². The Labute approximate surface area is 149 Å². The van der Waals surface area contributed by atoms with Gasteiger partial charge in [0.05, 0.1) is 11.5 Å². The van der Waals surface area contributed by atoms with Crippen LogP contribution in [-0.4, -0.2) is 6.61 Å². The number of halogens is 2. The fourth-order valence-corrected chi connectivity index (χ4v) is 3.20. The van der Waals surface area contributed by atoms with Crippen molar-refractivity contribution in [2.75, 3.05) is 6.61 Å². The number of rotatable bonds is 6. The van der Waals surface area contributed by atoms with Gasteiger partial charge in [-0.15, -0.1) is 0 Å². The minimum atomic E-state index is -0.993. The first-order valence-corrected chi connectivity index (χ1v) is 8.58. The van der Waals surface area contributed by atoms with E-state index in [2.05, 4.69) is 0 Å². The Bertz CT molecular complexity index is 869. The summed E-state index contributed by atoms with van der Waals surface area (Å²) < 4.78 is 35.0. The van der Waals surface area contributed by atoms with Crippen LogP contribution in [0, 0.1) is 41.2 Å². The summed E-state index contributed by atoms with van der Waals surface area (Å²) in [7, 11) is 0. The lowest BCUT2D eigenvalue weighted by Crippen LogP contribution is -2.06. The summed E-state index contributed by atoms with van der Waals surface area (Å²) >= 11 is 0.988. The van der Waals surface area contributed by atoms with Gasteiger partial charge in [-0.1, -0.05) is 43.3 Å². The van der Waals surface area contributed by atoms with Gasteiger partial charge in [0.1, 0.15) is 23.3 Å². The molecule has 0 aliphatic heterocycles. The van der Waals surface area contributed by atoms with Crippen molar-refractivity contribution in [1.29, 1.82) is 10.5 Å². The third kappa shape index (κ3) is 3.92. The quantitative estimate of drug-likeness (QED) is 0.654. The van der Waals surface area contributed by atoms with E-state index in [1.807, 2.05) is 26.0 Å². The molecule has 0 bridgehead atoms. The van der Waals surface area contributed by atoms with Gasteiger partial charge in [0.2, 0.25) is 0 Å². The molecule has 0 saturated heterocycles. The lowest BCUT2D eigenvalue weighted by Gasteiger charge is -2.15. The number of nitrogens with zero attached hydrogens (tertiary/aromatic N) is 2. The first-order valence-electron chi connectivity index (χ1n) is 7.76. The smallest absolute Gasteiger partial charge is 0.185 e. The van der Waals surface area contributed by atoms with Gasteiger partial charge in [-0.2, -0.15) is 10.5 Å². The summed E-state index contributed by atoms with van der Waals surface area (Å²) in [5.74, 6) is -2.23. The minimum Gasteiger partial charge on any atom is -0.489 e. The molecule has 0 spiro atoms. The highest BCUT2D eigenvalue weighted by molar-refractivity contribution is 7.99. The predicted octanol–water partition coefficient (Wildman–Crippen LogP) is 5.35. The highest BCUT2D eigenvalue weighted by Gasteiger charge is 2.27. The maximum absolute atomic E-state index is 14.8. The normalized spacial score (nSPS) is 10.2. The molecule has 25 heavy (non-hydrogen) atoms. The van der Waals surface area contributed by atoms with E-state index in [4.69, 9.17) is 15.3 Å². The zero-order valence-corrected chi connectivity index (χ0v) is 14.7. The number of benzene rings is 2. The van der Waals surface area contributed by atoms with Crippen molar-refractivity contribution in [3.05, 3.63) is 52.6 Å². The third-order valence-electron chi connectivity index (χ3n) is 3.57. The van der Waals surface area contributed by atoms with Crippen LogP contribution < -0.4 is 4.74 Å².